The molecule has 3 N–H and O–H groups in total. The van der Waals surface area contributed by atoms with E-state index in [-0.39, 0.29) is 4.90 Å². The molecule has 0 saturated carbocycles. The molecule has 0 atom stereocenters. The fourth-order valence-corrected chi connectivity index (χ4v) is 4.34. The highest BCUT2D eigenvalue weighted by Crippen LogP contribution is 2.26. The number of hydrogen-bond donors (Lipinski definition) is 3. The van der Waals surface area contributed by atoms with Crippen LogP contribution in [0.1, 0.15) is 12.5 Å². The van der Waals surface area contributed by atoms with E-state index in [1.54, 1.807) is 43.5 Å². The summed E-state index contributed by atoms with van der Waals surface area (Å²) in [5.74, 6) is 0.984. The Bertz CT molecular complexity index is 1280. The van der Waals surface area contributed by atoms with Gasteiger partial charge in [-0.15, -0.1) is 0 Å². The smallest absolute Gasteiger partial charge is 0.242 e. The van der Waals surface area contributed by atoms with Crippen LogP contribution in [0.3, 0.4) is 0 Å². The molecular formula is C23H29N7O2S. The van der Waals surface area contributed by atoms with Gasteiger partial charge in [0.25, 0.3) is 0 Å². The molecule has 0 fully saturated rings. The lowest BCUT2D eigenvalue weighted by Gasteiger charge is -2.23. The SMILES string of the molecule is CN/C(C)=C1/C=C(N(C)c2ccnc(Nc3ccc(C)c(S(=O)(=O)N(C)C)c3)n2)C=CC1=N. The number of sulfonamides is 1. The van der Waals surface area contributed by atoms with Crippen LogP contribution in [0.15, 0.2) is 70.6 Å². The van der Waals surface area contributed by atoms with E-state index in [4.69, 9.17) is 5.41 Å². The normalized spacial score (nSPS) is 15.4. The number of likely N-dealkylation sites (N-methyl/N-ethyl adjacent to an activating group) is 1. The van der Waals surface area contributed by atoms with Crippen molar-refractivity contribution in [1.82, 2.24) is 19.6 Å². The number of allylic oxidation sites excluding steroid dienone is 5. The Kier molecular flexibility index (Phi) is 6.99. The summed E-state index contributed by atoms with van der Waals surface area (Å²) < 4.78 is 26.4. The van der Waals surface area contributed by atoms with E-state index in [1.165, 1.54) is 18.4 Å². The van der Waals surface area contributed by atoms with Crippen molar-refractivity contribution in [3.8, 4) is 0 Å². The van der Waals surface area contributed by atoms with Crippen molar-refractivity contribution in [1.29, 1.82) is 5.41 Å². The van der Waals surface area contributed by atoms with Crippen LogP contribution in [0.25, 0.3) is 0 Å². The minimum absolute atomic E-state index is 0.227. The van der Waals surface area contributed by atoms with Gasteiger partial charge in [0.2, 0.25) is 16.0 Å². The molecule has 9 nitrogen and oxygen atoms in total. The van der Waals surface area contributed by atoms with Crippen LogP contribution in [0.4, 0.5) is 17.5 Å². The molecule has 174 valence electrons. The second-order valence-corrected chi connectivity index (χ2v) is 9.92. The highest BCUT2D eigenvalue weighted by molar-refractivity contribution is 7.89. The van der Waals surface area contributed by atoms with E-state index < -0.39 is 10.0 Å². The van der Waals surface area contributed by atoms with Gasteiger partial charge in [-0.3, -0.25) is 0 Å². The molecule has 1 heterocycles. The fraction of sp³-hybridized carbons (Fsp3) is 0.261. The molecule has 0 spiro atoms. The largest absolute Gasteiger partial charge is 0.391 e. The highest BCUT2D eigenvalue weighted by Gasteiger charge is 2.20. The topological polar surface area (TPSA) is 114 Å². The summed E-state index contributed by atoms with van der Waals surface area (Å²) in [6.45, 7) is 3.69. The molecule has 0 unspecified atom stereocenters. The van der Waals surface area contributed by atoms with E-state index in [0.717, 1.165) is 17.0 Å². The molecule has 2 aromatic rings. The maximum Gasteiger partial charge on any atom is 0.242 e. The van der Waals surface area contributed by atoms with Gasteiger partial charge in [0.05, 0.1) is 10.6 Å². The van der Waals surface area contributed by atoms with Gasteiger partial charge in [-0.1, -0.05) is 6.07 Å². The predicted molar refractivity (Wildman–Crippen MR) is 132 cm³/mol. The fourth-order valence-electron chi connectivity index (χ4n) is 3.20. The van der Waals surface area contributed by atoms with Gasteiger partial charge < -0.3 is 20.9 Å². The molecule has 1 aromatic heterocycles. The van der Waals surface area contributed by atoms with Crippen molar-refractivity contribution < 1.29 is 8.42 Å². The summed E-state index contributed by atoms with van der Waals surface area (Å²) in [5.41, 5.74) is 4.25. The molecule has 3 rings (SSSR count). The molecule has 0 aliphatic heterocycles. The first-order valence-corrected chi connectivity index (χ1v) is 11.7. The van der Waals surface area contributed by atoms with Crippen molar-refractivity contribution in [3.63, 3.8) is 0 Å². The number of benzene rings is 1. The summed E-state index contributed by atoms with van der Waals surface area (Å²) >= 11 is 0. The van der Waals surface area contributed by atoms with Gasteiger partial charge in [0, 0.05) is 57.0 Å². The molecule has 0 saturated heterocycles. The summed E-state index contributed by atoms with van der Waals surface area (Å²) in [6.07, 6.45) is 7.18. The molecule has 1 aliphatic carbocycles. The average Bonchev–Trinajstić information content (AvgIpc) is 2.79. The first kappa shape index (κ1) is 24.1. The maximum absolute atomic E-state index is 12.6. The molecule has 1 aromatic carbocycles. The molecule has 0 bridgehead atoms. The number of aryl methyl sites for hydroxylation is 1. The van der Waals surface area contributed by atoms with Crippen LogP contribution in [0.2, 0.25) is 0 Å². The number of anilines is 3. The molecule has 1 aliphatic rings. The van der Waals surface area contributed by atoms with Gasteiger partial charge >= 0.3 is 0 Å². The minimum Gasteiger partial charge on any atom is -0.391 e. The number of rotatable bonds is 7. The van der Waals surface area contributed by atoms with E-state index in [9.17, 15) is 8.42 Å². The van der Waals surface area contributed by atoms with Gasteiger partial charge in [0.15, 0.2) is 0 Å². The lowest BCUT2D eigenvalue weighted by atomic mass is 10.0. The van der Waals surface area contributed by atoms with Crippen LogP contribution in [-0.2, 0) is 10.0 Å². The van der Waals surface area contributed by atoms with Crippen LogP contribution in [0, 0.1) is 12.3 Å². The third-order valence-electron chi connectivity index (χ3n) is 5.36. The summed E-state index contributed by atoms with van der Waals surface area (Å²) in [5, 5.41) is 14.3. The van der Waals surface area contributed by atoms with Gasteiger partial charge in [-0.2, -0.15) is 4.98 Å². The molecule has 0 amide bonds. The predicted octanol–water partition coefficient (Wildman–Crippen LogP) is 3.18. The van der Waals surface area contributed by atoms with Crippen LogP contribution >= 0.6 is 0 Å². The van der Waals surface area contributed by atoms with Crippen molar-refractivity contribution in [2.75, 3.05) is 38.4 Å². The standard InChI is InChI=1S/C23H29N7O2S/c1-15-7-8-17(13-21(15)33(31,32)29(4)5)27-23-26-12-11-22(28-23)30(6)18-9-10-20(24)19(14-18)16(2)25-3/h7-14,24-25H,1-6H3,(H,26,27,28)/b19-16-,24-20?. The number of aromatic nitrogens is 2. The van der Waals surface area contributed by atoms with Gasteiger partial charge in [0.1, 0.15) is 5.82 Å². The Labute approximate surface area is 195 Å². The zero-order valence-corrected chi connectivity index (χ0v) is 20.4. The van der Waals surface area contributed by atoms with Crippen molar-refractivity contribution >= 4 is 33.2 Å². The molecule has 0 radical (unpaired) electrons. The van der Waals surface area contributed by atoms with Crippen molar-refractivity contribution in [2.24, 2.45) is 0 Å². The van der Waals surface area contributed by atoms with E-state index in [1.807, 2.05) is 38.1 Å². The number of nitrogens with one attached hydrogen (secondary N) is 3. The Morgan fingerprint density at radius 3 is 2.52 bits per heavy atom. The summed E-state index contributed by atoms with van der Waals surface area (Å²) in [4.78, 5) is 11.0. The minimum atomic E-state index is -3.58. The van der Waals surface area contributed by atoms with Gasteiger partial charge in [-0.05, 0) is 55.8 Å². The Hall–Kier alpha value is -3.50. The maximum atomic E-state index is 12.6. The van der Waals surface area contributed by atoms with E-state index >= 15 is 0 Å². The Morgan fingerprint density at radius 2 is 1.85 bits per heavy atom. The quantitative estimate of drug-likeness (QED) is 0.573. The third-order valence-corrected chi connectivity index (χ3v) is 7.31. The van der Waals surface area contributed by atoms with Crippen molar-refractivity contribution in [2.45, 2.75) is 18.7 Å². The number of hydrogen-bond acceptors (Lipinski definition) is 8. The zero-order chi connectivity index (χ0) is 24.3. The highest BCUT2D eigenvalue weighted by atomic mass is 32.2. The monoisotopic (exact) mass is 467 g/mol. The lowest BCUT2D eigenvalue weighted by Crippen LogP contribution is -2.23. The average molecular weight is 468 g/mol. The second kappa shape index (κ2) is 9.55. The van der Waals surface area contributed by atoms with Crippen LogP contribution < -0.4 is 15.5 Å². The van der Waals surface area contributed by atoms with E-state index in [0.29, 0.717) is 28.7 Å². The zero-order valence-electron chi connectivity index (χ0n) is 19.6. The summed E-state index contributed by atoms with van der Waals surface area (Å²) in [6, 6.07) is 6.91. The Balaban J connectivity index is 1.90. The second-order valence-electron chi connectivity index (χ2n) is 7.80. The van der Waals surface area contributed by atoms with Crippen LogP contribution in [-0.4, -0.2) is 56.6 Å². The first-order valence-electron chi connectivity index (χ1n) is 10.3. The van der Waals surface area contributed by atoms with Crippen LogP contribution in [0.5, 0.6) is 0 Å². The third kappa shape index (κ3) is 5.12. The summed E-state index contributed by atoms with van der Waals surface area (Å²) in [7, 11) is 3.15. The molecule has 33 heavy (non-hydrogen) atoms. The first-order chi connectivity index (χ1) is 15.5. The lowest BCUT2D eigenvalue weighted by molar-refractivity contribution is 0.520. The van der Waals surface area contributed by atoms with Crippen molar-refractivity contribution in [3.05, 3.63) is 71.2 Å². The van der Waals surface area contributed by atoms with Gasteiger partial charge in [-0.25, -0.2) is 17.7 Å². The molecular weight excluding hydrogens is 438 g/mol. The Morgan fingerprint density at radius 1 is 1.12 bits per heavy atom. The molecule has 10 heteroatoms. The van der Waals surface area contributed by atoms with E-state index in [2.05, 4.69) is 20.6 Å². The number of nitrogens with zero attached hydrogens (tertiary/aromatic N) is 4.